The van der Waals surface area contributed by atoms with Crippen LogP contribution >= 0.6 is 0 Å². The van der Waals surface area contributed by atoms with Crippen molar-refractivity contribution in [3.8, 4) is 0 Å². The highest BCUT2D eigenvalue weighted by atomic mass is 16.5. The van der Waals surface area contributed by atoms with Gasteiger partial charge >= 0.3 is 0 Å². The van der Waals surface area contributed by atoms with E-state index >= 15 is 0 Å². The maximum absolute atomic E-state index is 5.78. The molecule has 2 aliphatic heterocycles. The van der Waals surface area contributed by atoms with Crippen molar-refractivity contribution in [3.63, 3.8) is 0 Å². The van der Waals surface area contributed by atoms with E-state index in [-0.39, 0.29) is 0 Å². The summed E-state index contributed by atoms with van der Waals surface area (Å²) in [5.74, 6) is 1.31. The molecule has 1 N–H and O–H groups in total. The van der Waals surface area contributed by atoms with Crippen LogP contribution in [0.3, 0.4) is 0 Å². The maximum Gasteiger partial charge on any atom is 0.222 e. The van der Waals surface area contributed by atoms with Crippen LogP contribution in [-0.2, 0) is 11.3 Å². The molecule has 0 amide bonds. The summed E-state index contributed by atoms with van der Waals surface area (Å²) < 4.78 is 5.78. The summed E-state index contributed by atoms with van der Waals surface area (Å²) >= 11 is 0. The SMILES string of the molecule is CC(C)Nc1ncc(CN2C[C@@H]3COC[C@H](C2)N(C)C3)cn1. The van der Waals surface area contributed by atoms with Crippen molar-refractivity contribution in [1.29, 1.82) is 0 Å². The van der Waals surface area contributed by atoms with Gasteiger partial charge in [0.15, 0.2) is 0 Å². The highest BCUT2D eigenvalue weighted by Gasteiger charge is 2.31. The van der Waals surface area contributed by atoms with E-state index in [9.17, 15) is 0 Å². The molecule has 0 spiro atoms. The van der Waals surface area contributed by atoms with Crippen LogP contribution in [0.2, 0.25) is 0 Å². The van der Waals surface area contributed by atoms with Crippen LogP contribution in [0.5, 0.6) is 0 Å². The van der Waals surface area contributed by atoms with Crippen molar-refractivity contribution in [3.05, 3.63) is 18.0 Å². The number of nitrogens with one attached hydrogen (secondary N) is 1. The Bertz CT molecular complexity index is 478. The molecule has 22 heavy (non-hydrogen) atoms. The Balaban J connectivity index is 1.63. The van der Waals surface area contributed by atoms with Crippen LogP contribution in [0.25, 0.3) is 0 Å². The zero-order chi connectivity index (χ0) is 15.5. The van der Waals surface area contributed by atoms with Crippen molar-refractivity contribution in [2.75, 3.05) is 45.2 Å². The molecule has 0 aliphatic carbocycles. The Morgan fingerprint density at radius 2 is 2.00 bits per heavy atom. The van der Waals surface area contributed by atoms with Crippen molar-refractivity contribution >= 4 is 5.95 Å². The second-order valence-electron chi connectivity index (χ2n) is 6.90. The standard InChI is InChI=1S/C16H27N5O/c1-12(2)19-16-17-4-13(5-18-16)7-21-8-14-6-20(3)15(9-21)11-22-10-14/h4-5,12,14-15H,6-11H2,1-3H3,(H,17,18,19)/t14-,15+/m1/s1. The quantitative estimate of drug-likeness (QED) is 0.898. The van der Waals surface area contributed by atoms with Gasteiger partial charge in [0, 0.05) is 62.1 Å². The van der Waals surface area contributed by atoms with E-state index in [1.807, 2.05) is 12.4 Å². The first-order chi connectivity index (χ1) is 10.6. The van der Waals surface area contributed by atoms with Gasteiger partial charge in [0.25, 0.3) is 0 Å². The lowest BCUT2D eigenvalue weighted by Crippen LogP contribution is -2.41. The largest absolute Gasteiger partial charge is 0.379 e. The molecule has 122 valence electrons. The first-order valence-corrected chi connectivity index (χ1v) is 8.18. The Hall–Kier alpha value is -1.24. The molecule has 2 fully saturated rings. The molecule has 2 atom stereocenters. The third-order valence-corrected chi connectivity index (χ3v) is 4.35. The summed E-state index contributed by atoms with van der Waals surface area (Å²) in [5, 5.41) is 3.22. The van der Waals surface area contributed by atoms with Gasteiger partial charge < -0.3 is 10.1 Å². The molecule has 0 unspecified atom stereocenters. The number of hydrogen-bond acceptors (Lipinski definition) is 6. The number of rotatable bonds is 4. The average molecular weight is 305 g/mol. The van der Waals surface area contributed by atoms with Crippen LogP contribution in [0, 0.1) is 5.92 Å². The lowest BCUT2D eigenvalue weighted by atomic mass is 10.1. The zero-order valence-electron chi connectivity index (χ0n) is 13.8. The van der Waals surface area contributed by atoms with Crippen LogP contribution in [0.4, 0.5) is 5.95 Å². The monoisotopic (exact) mass is 305 g/mol. The van der Waals surface area contributed by atoms with Crippen LogP contribution in [0.15, 0.2) is 12.4 Å². The first kappa shape index (κ1) is 15.6. The smallest absolute Gasteiger partial charge is 0.222 e. The average Bonchev–Trinajstić information content (AvgIpc) is 2.69. The molecule has 0 aromatic carbocycles. The lowest BCUT2D eigenvalue weighted by Gasteiger charge is -2.29. The minimum absolute atomic E-state index is 0.353. The number of nitrogens with zero attached hydrogens (tertiary/aromatic N) is 4. The molecule has 6 nitrogen and oxygen atoms in total. The van der Waals surface area contributed by atoms with E-state index in [2.05, 4.69) is 46.0 Å². The number of aromatic nitrogens is 2. The maximum atomic E-state index is 5.78. The molecule has 3 heterocycles. The summed E-state index contributed by atoms with van der Waals surface area (Å²) in [6, 6.07) is 0.849. The zero-order valence-corrected chi connectivity index (χ0v) is 13.8. The number of likely N-dealkylation sites (N-methyl/N-ethyl adjacent to an activating group) is 1. The van der Waals surface area contributed by atoms with Crippen molar-refractivity contribution in [2.24, 2.45) is 5.92 Å². The minimum Gasteiger partial charge on any atom is -0.379 e. The molecular formula is C16H27N5O. The Kier molecular flexibility index (Phi) is 4.90. The molecule has 1 aromatic heterocycles. The molecular weight excluding hydrogens is 278 g/mol. The second kappa shape index (κ2) is 6.89. The fourth-order valence-electron chi connectivity index (χ4n) is 3.30. The fraction of sp³-hybridized carbons (Fsp3) is 0.750. The summed E-state index contributed by atoms with van der Waals surface area (Å²) in [6.45, 7) is 10.1. The lowest BCUT2D eigenvalue weighted by molar-refractivity contribution is 0.0515. The Labute approximate surface area is 132 Å². The second-order valence-corrected chi connectivity index (χ2v) is 6.90. The van der Waals surface area contributed by atoms with Gasteiger partial charge in [-0.1, -0.05) is 0 Å². The Morgan fingerprint density at radius 3 is 2.73 bits per heavy atom. The normalized spacial score (nSPS) is 26.9. The van der Waals surface area contributed by atoms with Gasteiger partial charge in [0.1, 0.15) is 0 Å². The molecule has 2 bridgehead atoms. The predicted octanol–water partition coefficient (Wildman–Crippen LogP) is 1.06. The van der Waals surface area contributed by atoms with Crippen LogP contribution in [-0.4, -0.2) is 71.7 Å². The van der Waals surface area contributed by atoms with Crippen molar-refractivity contribution in [1.82, 2.24) is 19.8 Å². The van der Waals surface area contributed by atoms with E-state index < -0.39 is 0 Å². The molecule has 2 saturated heterocycles. The van der Waals surface area contributed by atoms with Gasteiger partial charge in [0.2, 0.25) is 5.95 Å². The number of fused-ring (bicyclic) bond motifs is 3. The minimum atomic E-state index is 0.353. The highest BCUT2D eigenvalue weighted by molar-refractivity contribution is 5.25. The van der Waals surface area contributed by atoms with Crippen LogP contribution in [0.1, 0.15) is 19.4 Å². The van der Waals surface area contributed by atoms with Gasteiger partial charge in [-0.25, -0.2) is 9.97 Å². The number of anilines is 1. The summed E-state index contributed by atoms with van der Waals surface area (Å²) in [4.78, 5) is 13.8. The van der Waals surface area contributed by atoms with E-state index in [4.69, 9.17) is 4.74 Å². The fourth-order valence-corrected chi connectivity index (χ4v) is 3.30. The summed E-state index contributed by atoms with van der Waals surface area (Å²) in [5.41, 5.74) is 1.18. The van der Waals surface area contributed by atoms with E-state index in [0.29, 0.717) is 23.9 Å². The van der Waals surface area contributed by atoms with Gasteiger partial charge in [-0.05, 0) is 20.9 Å². The third kappa shape index (κ3) is 3.94. The molecule has 1 aromatic rings. The highest BCUT2D eigenvalue weighted by Crippen LogP contribution is 2.19. The van der Waals surface area contributed by atoms with Crippen LogP contribution < -0.4 is 5.32 Å². The van der Waals surface area contributed by atoms with Crippen molar-refractivity contribution in [2.45, 2.75) is 32.5 Å². The predicted molar refractivity (Wildman–Crippen MR) is 86.8 cm³/mol. The molecule has 0 radical (unpaired) electrons. The molecule has 2 aliphatic rings. The van der Waals surface area contributed by atoms with E-state index in [1.165, 1.54) is 5.56 Å². The van der Waals surface area contributed by atoms with E-state index in [0.717, 1.165) is 39.4 Å². The van der Waals surface area contributed by atoms with Gasteiger partial charge in [-0.15, -0.1) is 0 Å². The first-order valence-electron chi connectivity index (χ1n) is 8.18. The summed E-state index contributed by atoms with van der Waals surface area (Å²) in [6.07, 6.45) is 3.89. The molecule has 6 heteroatoms. The van der Waals surface area contributed by atoms with Gasteiger partial charge in [-0.2, -0.15) is 0 Å². The van der Waals surface area contributed by atoms with Gasteiger partial charge in [0.05, 0.1) is 13.2 Å². The molecule has 3 rings (SSSR count). The number of ether oxygens (including phenoxy) is 1. The van der Waals surface area contributed by atoms with Crippen molar-refractivity contribution < 1.29 is 4.74 Å². The number of hydrogen-bond donors (Lipinski definition) is 1. The topological polar surface area (TPSA) is 53.5 Å². The molecule has 0 saturated carbocycles. The van der Waals surface area contributed by atoms with E-state index in [1.54, 1.807) is 0 Å². The Morgan fingerprint density at radius 1 is 1.23 bits per heavy atom. The summed E-state index contributed by atoms with van der Waals surface area (Å²) in [7, 11) is 2.21. The third-order valence-electron chi connectivity index (χ3n) is 4.35. The van der Waals surface area contributed by atoms with Gasteiger partial charge in [-0.3, -0.25) is 9.80 Å².